The molecular weight excluding hydrogens is 259 g/mol. The molecule has 0 aromatic heterocycles. The minimum Gasteiger partial charge on any atom is -0.467 e. The van der Waals surface area contributed by atoms with E-state index >= 15 is 0 Å². The fraction of sp³-hybridized carbons (Fsp3) is 0.538. The third-order valence-corrected chi connectivity index (χ3v) is 2.69. The van der Waals surface area contributed by atoms with E-state index < -0.39 is 19.6 Å². The summed E-state index contributed by atoms with van der Waals surface area (Å²) < 4.78 is 45.3. The van der Waals surface area contributed by atoms with Crippen molar-refractivity contribution < 1.29 is 22.6 Å². The molecule has 1 aromatic carbocycles. The first-order valence-electron chi connectivity index (χ1n) is 6.13. The molecule has 2 rings (SSSR count). The van der Waals surface area contributed by atoms with Crippen molar-refractivity contribution in [1.29, 1.82) is 0 Å². The molecule has 0 spiro atoms. The first-order chi connectivity index (χ1) is 9.04. The summed E-state index contributed by atoms with van der Waals surface area (Å²) in [7, 11) is 0. The van der Waals surface area contributed by atoms with Crippen LogP contribution in [-0.2, 0) is 11.3 Å². The molecule has 19 heavy (non-hydrogen) atoms. The number of halogens is 3. The highest BCUT2D eigenvalue weighted by molar-refractivity contribution is 5.33. The van der Waals surface area contributed by atoms with Crippen molar-refractivity contribution in [2.75, 3.05) is 13.4 Å². The molecule has 1 aromatic rings. The zero-order valence-corrected chi connectivity index (χ0v) is 10.4. The Morgan fingerprint density at radius 2 is 1.95 bits per heavy atom. The molecule has 0 unspecified atom stereocenters. The smallest absolute Gasteiger partial charge is 0.411 e. The standard InChI is InChI=1S/C13H16F3NO2/c14-13(15,16)8-18-9-19-12-4-2-1-3-10(12)7-17-11-5-6-11/h1-4,11,17H,5-9H2. The van der Waals surface area contributed by atoms with Gasteiger partial charge in [-0.05, 0) is 18.9 Å². The number of alkyl halides is 3. The number of ether oxygens (including phenoxy) is 2. The highest BCUT2D eigenvalue weighted by atomic mass is 19.4. The maximum absolute atomic E-state index is 11.9. The predicted octanol–water partition coefficient (Wildman–Crippen LogP) is 2.85. The van der Waals surface area contributed by atoms with Gasteiger partial charge in [0.2, 0.25) is 0 Å². The van der Waals surface area contributed by atoms with Crippen LogP contribution in [0.2, 0.25) is 0 Å². The van der Waals surface area contributed by atoms with Crippen molar-refractivity contribution in [2.24, 2.45) is 0 Å². The number of hydrogen-bond donors (Lipinski definition) is 1. The summed E-state index contributed by atoms with van der Waals surface area (Å²) in [6, 6.07) is 7.82. The van der Waals surface area contributed by atoms with E-state index in [1.54, 1.807) is 12.1 Å². The highest BCUT2D eigenvalue weighted by Gasteiger charge is 2.27. The molecule has 0 bridgehead atoms. The average molecular weight is 275 g/mol. The maximum atomic E-state index is 11.9. The summed E-state index contributed by atoms with van der Waals surface area (Å²) in [5.41, 5.74) is 0.921. The first kappa shape index (κ1) is 14.1. The maximum Gasteiger partial charge on any atom is 0.411 e. The molecule has 1 aliphatic carbocycles. The van der Waals surface area contributed by atoms with Gasteiger partial charge in [0.1, 0.15) is 12.4 Å². The van der Waals surface area contributed by atoms with E-state index in [-0.39, 0.29) is 0 Å². The van der Waals surface area contributed by atoms with Gasteiger partial charge in [-0.3, -0.25) is 0 Å². The lowest BCUT2D eigenvalue weighted by atomic mass is 10.2. The van der Waals surface area contributed by atoms with Crippen molar-refractivity contribution >= 4 is 0 Å². The lowest BCUT2D eigenvalue weighted by Gasteiger charge is -2.13. The van der Waals surface area contributed by atoms with E-state index in [4.69, 9.17) is 4.74 Å². The second-order valence-corrected chi connectivity index (χ2v) is 4.49. The van der Waals surface area contributed by atoms with Crippen LogP contribution in [0.5, 0.6) is 5.75 Å². The zero-order valence-electron chi connectivity index (χ0n) is 10.4. The summed E-state index contributed by atoms with van der Waals surface area (Å²) in [5.74, 6) is 0.554. The Balaban J connectivity index is 1.77. The van der Waals surface area contributed by atoms with Crippen LogP contribution >= 0.6 is 0 Å². The lowest BCUT2D eigenvalue weighted by Crippen LogP contribution is -2.20. The van der Waals surface area contributed by atoms with Crippen LogP contribution in [0, 0.1) is 0 Å². The Labute approximate surface area is 109 Å². The van der Waals surface area contributed by atoms with Crippen molar-refractivity contribution in [3.63, 3.8) is 0 Å². The first-order valence-corrected chi connectivity index (χ1v) is 6.13. The van der Waals surface area contributed by atoms with Crippen LogP contribution < -0.4 is 10.1 Å². The molecule has 0 atom stereocenters. The lowest BCUT2D eigenvalue weighted by molar-refractivity contribution is -0.186. The summed E-state index contributed by atoms with van der Waals surface area (Å²) in [5, 5.41) is 3.33. The number of para-hydroxylation sites is 1. The van der Waals surface area contributed by atoms with Gasteiger partial charge in [-0.1, -0.05) is 18.2 Å². The van der Waals surface area contributed by atoms with E-state index in [2.05, 4.69) is 10.1 Å². The average Bonchev–Trinajstić information content (AvgIpc) is 3.16. The van der Waals surface area contributed by atoms with Crippen molar-refractivity contribution in [3.05, 3.63) is 29.8 Å². The SMILES string of the molecule is FC(F)(F)COCOc1ccccc1CNC1CC1. The third kappa shape index (κ3) is 5.48. The molecule has 0 saturated heterocycles. The molecule has 1 saturated carbocycles. The number of rotatable bonds is 7. The van der Waals surface area contributed by atoms with Gasteiger partial charge in [-0.15, -0.1) is 0 Å². The summed E-state index contributed by atoms with van der Waals surface area (Å²) >= 11 is 0. The molecule has 1 N–H and O–H groups in total. The fourth-order valence-electron chi connectivity index (χ4n) is 1.59. The molecule has 6 heteroatoms. The quantitative estimate of drug-likeness (QED) is 0.613. The number of nitrogens with one attached hydrogen (secondary N) is 1. The van der Waals surface area contributed by atoms with E-state index in [0.29, 0.717) is 18.3 Å². The van der Waals surface area contributed by atoms with Gasteiger partial charge in [0, 0.05) is 18.2 Å². The topological polar surface area (TPSA) is 30.5 Å². The second-order valence-electron chi connectivity index (χ2n) is 4.49. The molecule has 0 amide bonds. The van der Waals surface area contributed by atoms with Crippen molar-refractivity contribution in [3.8, 4) is 5.75 Å². The third-order valence-electron chi connectivity index (χ3n) is 2.69. The van der Waals surface area contributed by atoms with Gasteiger partial charge >= 0.3 is 6.18 Å². The molecule has 3 nitrogen and oxygen atoms in total. The van der Waals surface area contributed by atoms with Gasteiger partial charge in [-0.2, -0.15) is 13.2 Å². The van der Waals surface area contributed by atoms with Gasteiger partial charge in [0.05, 0.1) is 0 Å². The van der Waals surface area contributed by atoms with E-state index in [1.807, 2.05) is 12.1 Å². The minimum atomic E-state index is -4.32. The Kier molecular flexibility index (Phi) is 4.66. The molecule has 0 aliphatic heterocycles. The van der Waals surface area contributed by atoms with Gasteiger partial charge < -0.3 is 14.8 Å². The highest BCUT2D eigenvalue weighted by Crippen LogP contribution is 2.22. The molecule has 1 fully saturated rings. The fourth-order valence-corrected chi connectivity index (χ4v) is 1.59. The van der Waals surface area contributed by atoms with Crippen LogP contribution in [0.1, 0.15) is 18.4 Å². The molecule has 0 heterocycles. The van der Waals surface area contributed by atoms with Crippen molar-refractivity contribution in [1.82, 2.24) is 5.32 Å². The molecule has 106 valence electrons. The zero-order chi connectivity index (χ0) is 13.7. The number of benzene rings is 1. The monoisotopic (exact) mass is 275 g/mol. The Hall–Kier alpha value is -1.27. The van der Waals surface area contributed by atoms with Crippen LogP contribution in [0.3, 0.4) is 0 Å². The van der Waals surface area contributed by atoms with Gasteiger partial charge in [-0.25, -0.2) is 0 Å². The summed E-state index contributed by atoms with van der Waals surface area (Å²) in [4.78, 5) is 0. The molecule has 1 aliphatic rings. The van der Waals surface area contributed by atoms with E-state index in [1.165, 1.54) is 12.8 Å². The Bertz CT molecular complexity index is 405. The predicted molar refractivity (Wildman–Crippen MR) is 63.8 cm³/mol. The van der Waals surface area contributed by atoms with Crippen LogP contribution in [0.25, 0.3) is 0 Å². The van der Waals surface area contributed by atoms with Crippen LogP contribution in [0.4, 0.5) is 13.2 Å². The molecular formula is C13H16F3NO2. The Morgan fingerprint density at radius 1 is 1.21 bits per heavy atom. The summed E-state index contributed by atoms with van der Waals surface area (Å²) in [6.45, 7) is -1.05. The minimum absolute atomic E-state index is 0.403. The summed E-state index contributed by atoms with van der Waals surface area (Å²) in [6.07, 6.45) is -1.97. The largest absolute Gasteiger partial charge is 0.467 e. The Morgan fingerprint density at radius 3 is 2.63 bits per heavy atom. The van der Waals surface area contributed by atoms with Gasteiger partial charge in [0.25, 0.3) is 0 Å². The van der Waals surface area contributed by atoms with Crippen LogP contribution in [-0.4, -0.2) is 25.6 Å². The van der Waals surface area contributed by atoms with E-state index in [9.17, 15) is 13.2 Å². The van der Waals surface area contributed by atoms with Crippen LogP contribution in [0.15, 0.2) is 24.3 Å². The number of hydrogen-bond acceptors (Lipinski definition) is 3. The van der Waals surface area contributed by atoms with E-state index in [0.717, 1.165) is 5.56 Å². The second kappa shape index (κ2) is 6.25. The molecule has 0 radical (unpaired) electrons. The van der Waals surface area contributed by atoms with Gasteiger partial charge in [0.15, 0.2) is 6.79 Å². The normalized spacial score (nSPS) is 15.5. The van der Waals surface area contributed by atoms with Crippen molar-refractivity contribution in [2.45, 2.75) is 31.6 Å².